The lowest BCUT2D eigenvalue weighted by atomic mass is 10.1. The first-order chi connectivity index (χ1) is 12.4. The van der Waals surface area contributed by atoms with Gasteiger partial charge in [-0.25, -0.2) is 8.42 Å². The Hall–Kier alpha value is -2.06. The summed E-state index contributed by atoms with van der Waals surface area (Å²) in [4.78, 5) is 14.5. The predicted octanol–water partition coefficient (Wildman–Crippen LogP) is 3.49. The molecule has 1 amide bonds. The fraction of sp³-hybridized carbons (Fsp3) is 0.278. The van der Waals surface area contributed by atoms with Crippen molar-refractivity contribution in [2.24, 2.45) is 0 Å². The molecule has 1 saturated heterocycles. The van der Waals surface area contributed by atoms with Gasteiger partial charge in [-0.05, 0) is 59.1 Å². The topological polar surface area (TPSA) is 75.7 Å². The standard InChI is InChI=1S/C18H19BrN2O4S/c1-25-17-9-8-13(12-15(17)19)26(23,24)20-16-7-3-2-6-14(16)18(22)21-10-4-5-11-21/h2-3,6-9,12,20H,4-5,10-11H2,1H3. The summed E-state index contributed by atoms with van der Waals surface area (Å²) in [7, 11) is -2.34. The minimum Gasteiger partial charge on any atom is -0.496 e. The third-order valence-corrected chi connectivity index (χ3v) is 6.21. The van der Waals surface area contributed by atoms with E-state index in [0.717, 1.165) is 12.8 Å². The fourth-order valence-electron chi connectivity index (χ4n) is 2.87. The number of benzene rings is 2. The molecule has 2 aromatic carbocycles. The van der Waals surface area contributed by atoms with Crippen LogP contribution in [0.25, 0.3) is 0 Å². The maximum Gasteiger partial charge on any atom is 0.261 e. The summed E-state index contributed by atoms with van der Waals surface area (Å²) in [6.07, 6.45) is 1.94. The molecule has 138 valence electrons. The van der Waals surface area contributed by atoms with Gasteiger partial charge < -0.3 is 9.64 Å². The number of amides is 1. The summed E-state index contributed by atoms with van der Waals surface area (Å²) in [6, 6.07) is 11.2. The van der Waals surface area contributed by atoms with Crippen molar-refractivity contribution in [3.05, 3.63) is 52.5 Å². The average molecular weight is 439 g/mol. The number of halogens is 1. The first-order valence-electron chi connectivity index (χ1n) is 8.17. The van der Waals surface area contributed by atoms with Crippen LogP contribution in [0, 0.1) is 0 Å². The molecule has 2 aromatic rings. The van der Waals surface area contributed by atoms with E-state index in [4.69, 9.17) is 4.74 Å². The van der Waals surface area contributed by atoms with E-state index >= 15 is 0 Å². The Morgan fingerprint density at radius 3 is 2.50 bits per heavy atom. The van der Waals surface area contributed by atoms with Crippen molar-refractivity contribution in [1.82, 2.24) is 4.90 Å². The Morgan fingerprint density at radius 2 is 1.85 bits per heavy atom. The second-order valence-corrected chi connectivity index (χ2v) is 8.48. The minimum absolute atomic E-state index is 0.0774. The van der Waals surface area contributed by atoms with Gasteiger partial charge in [-0.1, -0.05) is 12.1 Å². The van der Waals surface area contributed by atoms with Gasteiger partial charge >= 0.3 is 0 Å². The number of carbonyl (C=O) groups is 1. The van der Waals surface area contributed by atoms with Crippen molar-refractivity contribution >= 4 is 37.5 Å². The lowest BCUT2D eigenvalue weighted by Crippen LogP contribution is -2.28. The number of anilines is 1. The first kappa shape index (κ1) is 18.7. The SMILES string of the molecule is COc1ccc(S(=O)(=O)Nc2ccccc2C(=O)N2CCCC2)cc1Br. The molecule has 1 N–H and O–H groups in total. The van der Waals surface area contributed by atoms with Crippen LogP contribution in [0.3, 0.4) is 0 Å². The molecule has 8 heteroatoms. The average Bonchev–Trinajstić information content (AvgIpc) is 3.16. The Balaban J connectivity index is 1.90. The monoisotopic (exact) mass is 438 g/mol. The van der Waals surface area contributed by atoms with Gasteiger partial charge in [0.15, 0.2) is 0 Å². The maximum absolute atomic E-state index is 12.8. The van der Waals surface area contributed by atoms with Crippen LogP contribution in [0.2, 0.25) is 0 Å². The Morgan fingerprint density at radius 1 is 1.15 bits per heavy atom. The van der Waals surface area contributed by atoms with E-state index in [9.17, 15) is 13.2 Å². The van der Waals surface area contributed by atoms with E-state index in [-0.39, 0.29) is 16.5 Å². The molecule has 1 fully saturated rings. The summed E-state index contributed by atoms with van der Waals surface area (Å²) in [5.41, 5.74) is 0.627. The summed E-state index contributed by atoms with van der Waals surface area (Å²) in [6.45, 7) is 1.40. The number of hydrogen-bond acceptors (Lipinski definition) is 4. The van der Waals surface area contributed by atoms with Crippen molar-refractivity contribution < 1.29 is 17.9 Å². The van der Waals surface area contributed by atoms with Gasteiger partial charge in [0, 0.05) is 13.1 Å². The number of hydrogen-bond donors (Lipinski definition) is 1. The smallest absolute Gasteiger partial charge is 0.261 e. The summed E-state index contributed by atoms with van der Waals surface area (Å²) in [5.74, 6) is 0.380. The van der Waals surface area contributed by atoms with Crippen LogP contribution < -0.4 is 9.46 Å². The largest absolute Gasteiger partial charge is 0.496 e. The van der Waals surface area contributed by atoms with Crippen LogP contribution >= 0.6 is 15.9 Å². The van der Waals surface area contributed by atoms with E-state index in [0.29, 0.717) is 28.9 Å². The minimum atomic E-state index is -3.85. The van der Waals surface area contributed by atoms with Crippen LogP contribution in [0.5, 0.6) is 5.75 Å². The first-order valence-corrected chi connectivity index (χ1v) is 10.4. The highest BCUT2D eigenvalue weighted by molar-refractivity contribution is 9.10. The second-order valence-electron chi connectivity index (χ2n) is 5.95. The quantitative estimate of drug-likeness (QED) is 0.774. The summed E-state index contributed by atoms with van der Waals surface area (Å²) >= 11 is 3.29. The zero-order chi connectivity index (χ0) is 18.7. The van der Waals surface area contributed by atoms with Gasteiger partial charge in [0.1, 0.15) is 5.75 Å². The predicted molar refractivity (Wildman–Crippen MR) is 103 cm³/mol. The van der Waals surface area contributed by atoms with E-state index in [1.54, 1.807) is 35.2 Å². The molecule has 0 aliphatic carbocycles. The van der Waals surface area contributed by atoms with E-state index in [1.807, 2.05) is 0 Å². The molecule has 0 bridgehead atoms. The van der Waals surface area contributed by atoms with E-state index in [2.05, 4.69) is 20.7 Å². The molecule has 0 unspecified atom stereocenters. The molecule has 1 heterocycles. The molecule has 26 heavy (non-hydrogen) atoms. The van der Waals surface area contributed by atoms with E-state index < -0.39 is 10.0 Å². The Bertz CT molecular complexity index is 925. The zero-order valence-electron chi connectivity index (χ0n) is 14.2. The van der Waals surface area contributed by atoms with Gasteiger partial charge in [0.25, 0.3) is 15.9 Å². The van der Waals surface area contributed by atoms with Gasteiger partial charge in [-0.2, -0.15) is 0 Å². The number of methoxy groups -OCH3 is 1. The van der Waals surface area contributed by atoms with Crippen molar-refractivity contribution in [1.29, 1.82) is 0 Å². The van der Waals surface area contributed by atoms with Crippen molar-refractivity contribution in [3.63, 3.8) is 0 Å². The highest BCUT2D eigenvalue weighted by Gasteiger charge is 2.24. The number of likely N-dealkylation sites (tertiary alicyclic amines) is 1. The number of rotatable bonds is 5. The third kappa shape index (κ3) is 3.86. The molecule has 0 saturated carbocycles. The Labute approximate surface area is 161 Å². The summed E-state index contributed by atoms with van der Waals surface area (Å²) in [5, 5.41) is 0. The van der Waals surface area contributed by atoms with Crippen molar-refractivity contribution in [2.45, 2.75) is 17.7 Å². The molecule has 6 nitrogen and oxygen atoms in total. The van der Waals surface area contributed by atoms with E-state index in [1.165, 1.54) is 19.2 Å². The van der Waals surface area contributed by atoms with Gasteiger partial charge in [0.2, 0.25) is 0 Å². The van der Waals surface area contributed by atoms with Crippen LogP contribution in [0.4, 0.5) is 5.69 Å². The Kier molecular flexibility index (Phi) is 5.52. The maximum atomic E-state index is 12.8. The molecule has 0 aromatic heterocycles. The lowest BCUT2D eigenvalue weighted by molar-refractivity contribution is 0.0794. The molecule has 0 atom stereocenters. The number of para-hydroxylation sites is 1. The van der Waals surface area contributed by atoms with Crippen LogP contribution in [0.15, 0.2) is 51.8 Å². The number of nitrogens with one attached hydrogen (secondary N) is 1. The normalized spacial score (nSPS) is 14.3. The van der Waals surface area contributed by atoms with Gasteiger partial charge in [0.05, 0.1) is 27.7 Å². The number of carbonyl (C=O) groups excluding carboxylic acids is 1. The molecular formula is C18H19BrN2O4S. The fourth-order valence-corrected chi connectivity index (χ4v) is 4.66. The number of sulfonamides is 1. The molecule has 0 radical (unpaired) electrons. The molecular weight excluding hydrogens is 420 g/mol. The second kappa shape index (κ2) is 7.67. The number of ether oxygens (including phenoxy) is 1. The van der Waals surface area contributed by atoms with Crippen molar-refractivity contribution in [2.75, 3.05) is 24.9 Å². The van der Waals surface area contributed by atoms with Crippen molar-refractivity contribution in [3.8, 4) is 5.75 Å². The van der Waals surface area contributed by atoms with Crippen LogP contribution in [-0.4, -0.2) is 39.4 Å². The summed E-state index contributed by atoms with van der Waals surface area (Å²) < 4.78 is 33.7. The van der Waals surface area contributed by atoms with Crippen LogP contribution in [-0.2, 0) is 10.0 Å². The molecule has 1 aliphatic heterocycles. The van der Waals surface area contributed by atoms with Gasteiger partial charge in [-0.15, -0.1) is 0 Å². The highest BCUT2D eigenvalue weighted by atomic mass is 79.9. The van der Waals surface area contributed by atoms with Gasteiger partial charge in [-0.3, -0.25) is 9.52 Å². The highest BCUT2D eigenvalue weighted by Crippen LogP contribution is 2.29. The third-order valence-electron chi connectivity index (χ3n) is 4.23. The number of nitrogens with zero attached hydrogens (tertiary/aromatic N) is 1. The van der Waals surface area contributed by atoms with Crippen LogP contribution in [0.1, 0.15) is 23.2 Å². The lowest BCUT2D eigenvalue weighted by Gasteiger charge is -2.18. The molecule has 0 spiro atoms. The zero-order valence-corrected chi connectivity index (χ0v) is 16.6. The molecule has 1 aliphatic rings. The molecule has 3 rings (SSSR count).